The number of amides is 1. The molecule has 0 heterocycles. The molecule has 1 N–H and O–H groups in total. The molecule has 33 heavy (non-hydrogen) atoms. The van der Waals surface area contributed by atoms with E-state index in [-0.39, 0.29) is 11.9 Å². The topological polar surface area (TPSA) is 32.3 Å². The molecule has 1 atom stereocenters. The van der Waals surface area contributed by atoms with E-state index in [2.05, 4.69) is 42.3 Å². The van der Waals surface area contributed by atoms with Gasteiger partial charge in [-0.25, -0.2) is 8.78 Å². The molecule has 1 aliphatic rings. The van der Waals surface area contributed by atoms with E-state index in [1.807, 2.05) is 0 Å². The third kappa shape index (κ3) is 5.31. The molecule has 0 aromatic heterocycles. The van der Waals surface area contributed by atoms with Crippen molar-refractivity contribution in [1.29, 1.82) is 0 Å². The second-order valence-electron chi connectivity index (χ2n) is 8.61. The van der Waals surface area contributed by atoms with Crippen LogP contribution in [0.15, 0.2) is 60.7 Å². The summed E-state index contributed by atoms with van der Waals surface area (Å²) in [6, 6.07) is 16.9. The van der Waals surface area contributed by atoms with Crippen LogP contribution in [0.2, 0.25) is 0 Å². The lowest BCUT2D eigenvalue weighted by Gasteiger charge is -2.28. The fraction of sp³-hybridized carbons (Fsp3) is 0.321. The monoisotopic (exact) mass is 448 g/mol. The first-order valence-electron chi connectivity index (χ1n) is 11.7. The van der Waals surface area contributed by atoms with Crippen molar-refractivity contribution >= 4 is 5.91 Å². The number of aryl methyl sites for hydroxylation is 1. The van der Waals surface area contributed by atoms with E-state index in [9.17, 15) is 13.6 Å². The van der Waals surface area contributed by atoms with E-state index in [1.54, 1.807) is 24.3 Å². The molecule has 3 nitrogen and oxygen atoms in total. The van der Waals surface area contributed by atoms with Crippen molar-refractivity contribution < 1.29 is 13.6 Å². The fourth-order valence-corrected chi connectivity index (χ4v) is 4.59. The Kier molecular flexibility index (Phi) is 7.19. The van der Waals surface area contributed by atoms with Crippen LogP contribution in [0.5, 0.6) is 0 Å². The molecule has 0 saturated carbocycles. The molecule has 0 aliphatic heterocycles. The Morgan fingerprint density at radius 3 is 2.45 bits per heavy atom. The van der Waals surface area contributed by atoms with Crippen molar-refractivity contribution in [2.45, 2.75) is 45.7 Å². The molecule has 0 fully saturated rings. The number of carbonyl (C=O) groups is 1. The number of nitrogens with zero attached hydrogens (tertiary/aromatic N) is 1. The Morgan fingerprint density at radius 1 is 1.00 bits per heavy atom. The number of benzene rings is 3. The Hall–Kier alpha value is -3.05. The van der Waals surface area contributed by atoms with Gasteiger partial charge in [-0.3, -0.25) is 9.69 Å². The second kappa shape index (κ2) is 10.3. The van der Waals surface area contributed by atoms with Crippen molar-refractivity contribution in [3.8, 4) is 11.1 Å². The van der Waals surface area contributed by atoms with Gasteiger partial charge >= 0.3 is 0 Å². The van der Waals surface area contributed by atoms with Crippen LogP contribution in [0.4, 0.5) is 8.78 Å². The van der Waals surface area contributed by atoms with Crippen LogP contribution < -0.4 is 5.32 Å². The van der Waals surface area contributed by atoms with Gasteiger partial charge in [-0.15, -0.1) is 0 Å². The molecule has 0 saturated heterocycles. The van der Waals surface area contributed by atoms with Crippen LogP contribution in [-0.2, 0) is 13.0 Å². The summed E-state index contributed by atoms with van der Waals surface area (Å²) in [5, 5.41) is 3.18. The SMILES string of the molecule is CCN(CC)Cc1ccc2c(c1)CCCC2NC(=O)c1ccc(-c2ccc(F)cc2F)cc1. The van der Waals surface area contributed by atoms with Gasteiger partial charge in [0, 0.05) is 23.7 Å². The molecule has 1 unspecified atom stereocenters. The summed E-state index contributed by atoms with van der Waals surface area (Å²) in [7, 11) is 0. The average molecular weight is 449 g/mol. The van der Waals surface area contributed by atoms with Crippen LogP contribution >= 0.6 is 0 Å². The van der Waals surface area contributed by atoms with Crippen LogP contribution in [0.3, 0.4) is 0 Å². The molecule has 4 rings (SSSR count). The first-order chi connectivity index (χ1) is 16.0. The number of nitrogens with one attached hydrogen (secondary N) is 1. The molecular weight excluding hydrogens is 418 g/mol. The molecule has 5 heteroatoms. The number of fused-ring (bicyclic) bond motifs is 1. The lowest BCUT2D eigenvalue weighted by Crippen LogP contribution is -2.31. The predicted octanol–water partition coefficient (Wildman–Crippen LogP) is 6.28. The molecule has 0 spiro atoms. The van der Waals surface area contributed by atoms with E-state index in [4.69, 9.17) is 0 Å². The summed E-state index contributed by atoms with van der Waals surface area (Å²) < 4.78 is 27.2. The number of halogens is 2. The maximum absolute atomic E-state index is 14.1. The smallest absolute Gasteiger partial charge is 0.251 e. The summed E-state index contributed by atoms with van der Waals surface area (Å²) in [5.41, 5.74) is 5.26. The fourth-order valence-electron chi connectivity index (χ4n) is 4.59. The van der Waals surface area contributed by atoms with E-state index in [1.165, 1.54) is 28.8 Å². The lowest BCUT2D eigenvalue weighted by atomic mass is 9.86. The quantitative estimate of drug-likeness (QED) is 0.461. The highest BCUT2D eigenvalue weighted by molar-refractivity contribution is 5.95. The number of hydrogen-bond acceptors (Lipinski definition) is 2. The number of rotatable bonds is 7. The van der Waals surface area contributed by atoms with Gasteiger partial charge in [-0.1, -0.05) is 44.2 Å². The molecule has 1 aliphatic carbocycles. The van der Waals surface area contributed by atoms with Crippen LogP contribution in [0, 0.1) is 11.6 Å². The Bertz CT molecular complexity index is 1120. The lowest BCUT2D eigenvalue weighted by molar-refractivity contribution is 0.0932. The van der Waals surface area contributed by atoms with Crippen molar-refractivity contribution in [2.75, 3.05) is 13.1 Å². The third-order valence-corrected chi connectivity index (χ3v) is 6.52. The zero-order chi connectivity index (χ0) is 23.4. The van der Waals surface area contributed by atoms with Gasteiger partial charge in [0.25, 0.3) is 5.91 Å². The van der Waals surface area contributed by atoms with Gasteiger partial charge in [0.2, 0.25) is 0 Å². The zero-order valence-corrected chi connectivity index (χ0v) is 19.2. The molecule has 1 amide bonds. The predicted molar refractivity (Wildman–Crippen MR) is 128 cm³/mol. The van der Waals surface area contributed by atoms with Crippen molar-refractivity contribution in [2.24, 2.45) is 0 Å². The van der Waals surface area contributed by atoms with E-state index in [0.29, 0.717) is 16.7 Å². The van der Waals surface area contributed by atoms with Crippen LogP contribution in [0.1, 0.15) is 59.8 Å². The summed E-state index contributed by atoms with van der Waals surface area (Å²) in [4.78, 5) is 15.3. The van der Waals surface area contributed by atoms with E-state index in [0.717, 1.165) is 45.0 Å². The Balaban J connectivity index is 1.47. The van der Waals surface area contributed by atoms with Gasteiger partial charge in [-0.2, -0.15) is 0 Å². The molecule has 3 aromatic rings. The summed E-state index contributed by atoms with van der Waals surface area (Å²) in [5.74, 6) is -1.38. The highest BCUT2D eigenvalue weighted by Gasteiger charge is 2.23. The molecule has 172 valence electrons. The van der Waals surface area contributed by atoms with Crippen molar-refractivity contribution in [1.82, 2.24) is 10.2 Å². The van der Waals surface area contributed by atoms with Gasteiger partial charge in [0.1, 0.15) is 11.6 Å². The third-order valence-electron chi connectivity index (χ3n) is 6.52. The second-order valence-corrected chi connectivity index (χ2v) is 8.61. The minimum absolute atomic E-state index is 0.0158. The molecule has 0 radical (unpaired) electrons. The van der Waals surface area contributed by atoms with E-state index >= 15 is 0 Å². The van der Waals surface area contributed by atoms with Crippen LogP contribution in [-0.4, -0.2) is 23.9 Å². The van der Waals surface area contributed by atoms with Crippen LogP contribution in [0.25, 0.3) is 11.1 Å². The minimum atomic E-state index is -0.619. The van der Waals surface area contributed by atoms with E-state index < -0.39 is 11.6 Å². The van der Waals surface area contributed by atoms with Gasteiger partial charge in [-0.05, 0) is 78.9 Å². The first-order valence-corrected chi connectivity index (χ1v) is 11.7. The summed E-state index contributed by atoms with van der Waals surface area (Å²) >= 11 is 0. The maximum Gasteiger partial charge on any atom is 0.251 e. The average Bonchev–Trinajstić information content (AvgIpc) is 2.82. The minimum Gasteiger partial charge on any atom is -0.345 e. The molecule has 3 aromatic carbocycles. The highest BCUT2D eigenvalue weighted by atomic mass is 19.1. The van der Waals surface area contributed by atoms with Gasteiger partial charge < -0.3 is 5.32 Å². The van der Waals surface area contributed by atoms with Crippen molar-refractivity contribution in [3.63, 3.8) is 0 Å². The van der Waals surface area contributed by atoms with Gasteiger partial charge in [0.15, 0.2) is 0 Å². The summed E-state index contributed by atoms with van der Waals surface area (Å²) in [6.45, 7) is 7.35. The van der Waals surface area contributed by atoms with Gasteiger partial charge in [0.05, 0.1) is 6.04 Å². The summed E-state index contributed by atoms with van der Waals surface area (Å²) in [6.07, 6.45) is 2.98. The highest BCUT2D eigenvalue weighted by Crippen LogP contribution is 2.31. The Labute approximate surface area is 194 Å². The maximum atomic E-state index is 14.1. The Morgan fingerprint density at radius 2 is 1.76 bits per heavy atom. The normalized spacial score (nSPS) is 15.4. The first kappa shape index (κ1) is 23.1. The van der Waals surface area contributed by atoms with Crippen molar-refractivity contribution in [3.05, 3.63) is 94.6 Å². The molecular formula is C28H30F2N2O. The number of carbonyl (C=O) groups excluding carboxylic acids is 1. The number of hydrogen-bond donors (Lipinski definition) is 1. The largest absolute Gasteiger partial charge is 0.345 e. The standard InChI is InChI=1S/C28H30F2N2O/c1-3-32(4-2)18-19-8-14-25-22(16-19)6-5-7-27(25)31-28(33)21-11-9-20(10-12-21)24-15-13-23(29)17-26(24)30/h8-17,27H,3-7,18H2,1-2H3,(H,31,33). The zero-order valence-electron chi connectivity index (χ0n) is 19.2. The molecule has 0 bridgehead atoms.